The van der Waals surface area contributed by atoms with Crippen molar-refractivity contribution in [1.82, 2.24) is 0 Å². The van der Waals surface area contributed by atoms with E-state index in [1.54, 1.807) is 0 Å². The molecule has 0 bridgehead atoms. The molecule has 0 atom stereocenters. The standard InChI is InChI=1S/C15H10Cl2FNO3/c1-22-15(21)8-5-6-9(16)12(7-8)19-14(20)13-10(17)3-2-4-11(13)18/h2-7H,1H3,(H,19,20). The molecule has 2 aromatic rings. The number of benzene rings is 2. The predicted molar refractivity (Wildman–Crippen MR) is 82.2 cm³/mol. The number of amides is 1. The quantitative estimate of drug-likeness (QED) is 0.852. The molecule has 0 fully saturated rings. The van der Waals surface area contributed by atoms with Crippen LogP contribution in [0.1, 0.15) is 20.7 Å². The number of carbonyl (C=O) groups is 2. The smallest absolute Gasteiger partial charge is 0.337 e. The third kappa shape index (κ3) is 3.37. The summed E-state index contributed by atoms with van der Waals surface area (Å²) in [5.41, 5.74) is 0.0411. The molecule has 1 amide bonds. The Morgan fingerprint density at radius 3 is 2.50 bits per heavy atom. The highest BCUT2D eigenvalue weighted by Gasteiger charge is 2.18. The Morgan fingerprint density at radius 1 is 1.14 bits per heavy atom. The molecule has 0 saturated carbocycles. The monoisotopic (exact) mass is 341 g/mol. The maximum absolute atomic E-state index is 13.7. The number of ether oxygens (including phenoxy) is 1. The Bertz CT molecular complexity index is 729. The molecular weight excluding hydrogens is 332 g/mol. The van der Waals surface area contributed by atoms with E-state index in [0.29, 0.717) is 0 Å². The largest absolute Gasteiger partial charge is 0.465 e. The molecule has 2 rings (SSSR count). The van der Waals surface area contributed by atoms with Gasteiger partial charge in [0, 0.05) is 0 Å². The van der Waals surface area contributed by atoms with Crippen LogP contribution in [0.2, 0.25) is 10.0 Å². The second-order valence-electron chi connectivity index (χ2n) is 4.24. The summed E-state index contributed by atoms with van der Waals surface area (Å²) in [6.07, 6.45) is 0. The minimum atomic E-state index is -0.771. The molecule has 0 aliphatic carbocycles. The van der Waals surface area contributed by atoms with Crippen LogP contribution in [-0.4, -0.2) is 19.0 Å². The lowest BCUT2D eigenvalue weighted by atomic mass is 10.1. The number of nitrogens with one attached hydrogen (secondary N) is 1. The van der Waals surface area contributed by atoms with E-state index < -0.39 is 17.7 Å². The van der Waals surface area contributed by atoms with Crippen molar-refractivity contribution < 1.29 is 18.7 Å². The van der Waals surface area contributed by atoms with Gasteiger partial charge in [0.2, 0.25) is 0 Å². The SMILES string of the molecule is COC(=O)c1ccc(Cl)c(NC(=O)c2c(F)cccc2Cl)c1. The molecular formula is C15H10Cl2FNO3. The lowest BCUT2D eigenvalue weighted by Gasteiger charge is -2.10. The van der Waals surface area contributed by atoms with Gasteiger partial charge < -0.3 is 10.1 Å². The van der Waals surface area contributed by atoms with Gasteiger partial charge in [0.1, 0.15) is 5.82 Å². The van der Waals surface area contributed by atoms with Crippen molar-refractivity contribution in [3.63, 3.8) is 0 Å². The van der Waals surface area contributed by atoms with E-state index in [-0.39, 0.29) is 26.9 Å². The van der Waals surface area contributed by atoms with Gasteiger partial charge in [0.25, 0.3) is 5.91 Å². The summed E-state index contributed by atoms with van der Waals surface area (Å²) in [5.74, 6) is -2.12. The van der Waals surface area contributed by atoms with Gasteiger partial charge in [-0.05, 0) is 30.3 Å². The van der Waals surface area contributed by atoms with Crippen molar-refractivity contribution in [3.8, 4) is 0 Å². The van der Waals surface area contributed by atoms with Gasteiger partial charge in [-0.3, -0.25) is 4.79 Å². The van der Waals surface area contributed by atoms with Gasteiger partial charge in [0.05, 0.1) is 34.0 Å². The summed E-state index contributed by atoms with van der Waals surface area (Å²) >= 11 is 11.8. The van der Waals surface area contributed by atoms with Gasteiger partial charge in [-0.1, -0.05) is 29.3 Å². The predicted octanol–water partition coefficient (Wildman–Crippen LogP) is 4.17. The number of anilines is 1. The second kappa shape index (κ2) is 6.77. The molecule has 0 radical (unpaired) electrons. The first-order chi connectivity index (χ1) is 10.4. The zero-order valence-electron chi connectivity index (χ0n) is 11.3. The van der Waals surface area contributed by atoms with Gasteiger partial charge in [0.15, 0.2) is 0 Å². The maximum Gasteiger partial charge on any atom is 0.337 e. The summed E-state index contributed by atoms with van der Waals surface area (Å²) in [5, 5.41) is 2.58. The Labute approximate surface area is 135 Å². The first-order valence-electron chi connectivity index (χ1n) is 6.07. The Hall–Kier alpha value is -2.11. The van der Waals surface area contributed by atoms with Gasteiger partial charge >= 0.3 is 5.97 Å². The fourth-order valence-corrected chi connectivity index (χ4v) is 2.18. The highest BCUT2D eigenvalue weighted by atomic mass is 35.5. The van der Waals surface area contributed by atoms with E-state index >= 15 is 0 Å². The van der Waals surface area contributed by atoms with E-state index in [2.05, 4.69) is 10.1 Å². The molecule has 2 aromatic carbocycles. The van der Waals surface area contributed by atoms with Gasteiger partial charge in [-0.25, -0.2) is 9.18 Å². The molecule has 0 unspecified atom stereocenters. The van der Waals surface area contributed by atoms with Crippen LogP contribution in [-0.2, 0) is 4.74 Å². The molecule has 0 saturated heterocycles. The highest BCUT2D eigenvalue weighted by Crippen LogP contribution is 2.26. The summed E-state index contributed by atoms with van der Waals surface area (Å²) in [6, 6.07) is 8.10. The van der Waals surface area contributed by atoms with Crippen LogP contribution in [0.15, 0.2) is 36.4 Å². The van der Waals surface area contributed by atoms with Crippen molar-refractivity contribution >= 4 is 40.8 Å². The molecule has 0 aromatic heterocycles. The van der Waals surface area contributed by atoms with Crippen molar-refractivity contribution in [1.29, 1.82) is 0 Å². The van der Waals surface area contributed by atoms with E-state index in [9.17, 15) is 14.0 Å². The average Bonchev–Trinajstić information content (AvgIpc) is 2.48. The lowest BCUT2D eigenvalue weighted by Crippen LogP contribution is -2.15. The number of hydrogen-bond donors (Lipinski definition) is 1. The number of hydrogen-bond acceptors (Lipinski definition) is 3. The van der Waals surface area contributed by atoms with Crippen LogP contribution in [0.4, 0.5) is 10.1 Å². The minimum absolute atomic E-state index is 0.0299. The first kappa shape index (κ1) is 16.3. The van der Waals surface area contributed by atoms with Crippen LogP contribution in [0.3, 0.4) is 0 Å². The molecule has 7 heteroatoms. The van der Waals surface area contributed by atoms with Crippen LogP contribution in [0, 0.1) is 5.82 Å². The molecule has 0 spiro atoms. The number of methoxy groups -OCH3 is 1. The summed E-state index contributed by atoms with van der Waals surface area (Å²) in [4.78, 5) is 23.6. The van der Waals surface area contributed by atoms with E-state index in [0.717, 1.165) is 6.07 Å². The summed E-state index contributed by atoms with van der Waals surface area (Å²) in [7, 11) is 1.23. The number of carbonyl (C=O) groups excluding carboxylic acids is 2. The minimum Gasteiger partial charge on any atom is -0.465 e. The zero-order valence-corrected chi connectivity index (χ0v) is 12.8. The number of halogens is 3. The molecule has 0 heterocycles. The topological polar surface area (TPSA) is 55.4 Å². The third-order valence-corrected chi connectivity index (χ3v) is 3.47. The van der Waals surface area contributed by atoms with Crippen molar-refractivity contribution in [2.45, 2.75) is 0 Å². The molecule has 0 aliphatic rings. The molecule has 22 heavy (non-hydrogen) atoms. The lowest BCUT2D eigenvalue weighted by molar-refractivity contribution is 0.0600. The fourth-order valence-electron chi connectivity index (χ4n) is 1.77. The summed E-state index contributed by atoms with van der Waals surface area (Å²) < 4.78 is 18.3. The Balaban J connectivity index is 2.34. The van der Waals surface area contributed by atoms with E-state index in [1.807, 2.05) is 0 Å². The molecule has 0 aliphatic heterocycles. The number of rotatable bonds is 3. The van der Waals surface area contributed by atoms with Crippen LogP contribution < -0.4 is 5.32 Å². The highest BCUT2D eigenvalue weighted by molar-refractivity contribution is 6.36. The second-order valence-corrected chi connectivity index (χ2v) is 5.05. The average molecular weight is 342 g/mol. The van der Waals surface area contributed by atoms with Crippen molar-refractivity contribution in [3.05, 3.63) is 63.4 Å². The summed E-state index contributed by atoms with van der Waals surface area (Å²) in [6.45, 7) is 0. The van der Waals surface area contributed by atoms with Crippen LogP contribution in [0.5, 0.6) is 0 Å². The third-order valence-electron chi connectivity index (χ3n) is 2.83. The van der Waals surface area contributed by atoms with E-state index in [4.69, 9.17) is 23.2 Å². The van der Waals surface area contributed by atoms with Crippen molar-refractivity contribution in [2.75, 3.05) is 12.4 Å². The molecule has 4 nitrogen and oxygen atoms in total. The van der Waals surface area contributed by atoms with E-state index in [1.165, 1.54) is 37.4 Å². The van der Waals surface area contributed by atoms with Gasteiger partial charge in [-0.2, -0.15) is 0 Å². The van der Waals surface area contributed by atoms with Crippen LogP contribution >= 0.6 is 23.2 Å². The first-order valence-corrected chi connectivity index (χ1v) is 6.83. The zero-order chi connectivity index (χ0) is 16.3. The van der Waals surface area contributed by atoms with Gasteiger partial charge in [-0.15, -0.1) is 0 Å². The molecule has 114 valence electrons. The number of esters is 1. The van der Waals surface area contributed by atoms with Crippen molar-refractivity contribution in [2.24, 2.45) is 0 Å². The Morgan fingerprint density at radius 2 is 1.86 bits per heavy atom. The normalized spacial score (nSPS) is 10.2. The Kier molecular flexibility index (Phi) is 5.00. The van der Waals surface area contributed by atoms with Crippen LogP contribution in [0.25, 0.3) is 0 Å². The maximum atomic E-state index is 13.7. The molecule has 1 N–H and O–H groups in total. The fraction of sp³-hybridized carbons (Fsp3) is 0.0667.